The molecule has 1 saturated heterocycles. The lowest BCUT2D eigenvalue weighted by atomic mass is 10.0. The van der Waals surface area contributed by atoms with Crippen LogP contribution in [-0.4, -0.2) is 16.6 Å². The number of halogens is 4. The van der Waals surface area contributed by atoms with Gasteiger partial charge in [0.25, 0.3) is 5.91 Å². The number of carbonyl (C=O) groups excluding carboxylic acids is 1. The average molecular weight is 439 g/mol. The van der Waals surface area contributed by atoms with Gasteiger partial charge in [-0.3, -0.25) is 9.69 Å². The van der Waals surface area contributed by atoms with E-state index in [0.29, 0.717) is 10.7 Å². The zero-order valence-corrected chi connectivity index (χ0v) is 16.8. The predicted molar refractivity (Wildman–Crippen MR) is 109 cm³/mol. The van der Waals surface area contributed by atoms with Crippen LogP contribution in [-0.2, 0) is 11.0 Å². The second-order valence-electron chi connectivity index (χ2n) is 6.86. The monoisotopic (exact) mass is 438 g/mol. The summed E-state index contributed by atoms with van der Waals surface area (Å²) in [6, 6.07) is 9.23. The van der Waals surface area contributed by atoms with Gasteiger partial charge in [0.1, 0.15) is 5.54 Å². The van der Waals surface area contributed by atoms with Crippen molar-refractivity contribution in [1.29, 1.82) is 5.26 Å². The zero-order valence-electron chi connectivity index (χ0n) is 15.2. The van der Waals surface area contributed by atoms with Gasteiger partial charge in [0.15, 0.2) is 5.11 Å². The van der Waals surface area contributed by atoms with E-state index in [2.05, 4.69) is 0 Å². The van der Waals surface area contributed by atoms with Crippen LogP contribution in [0.25, 0.3) is 0 Å². The van der Waals surface area contributed by atoms with E-state index in [4.69, 9.17) is 34.8 Å². The standard InChI is InChI=1S/C19H14ClF3N4OS/c1-18(2)16(28)26(11-4-3-10(9-24)13(7-11)19(21,22)23)17(29)27(18)12-5-6-14(20)15(25)8-12/h3-8H,25H2,1-2H3. The van der Waals surface area contributed by atoms with Gasteiger partial charge >= 0.3 is 6.18 Å². The second-order valence-corrected chi connectivity index (χ2v) is 7.64. The number of hydrogen-bond acceptors (Lipinski definition) is 4. The molecule has 1 aliphatic heterocycles. The molecular weight excluding hydrogens is 425 g/mol. The van der Waals surface area contributed by atoms with Crippen molar-refractivity contribution in [3.8, 4) is 6.07 Å². The van der Waals surface area contributed by atoms with E-state index >= 15 is 0 Å². The van der Waals surface area contributed by atoms with Gasteiger partial charge in [0.05, 0.1) is 33.6 Å². The Bertz CT molecular complexity index is 1080. The third-order valence-corrected chi connectivity index (χ3v) is 5.30. The molecule has 2 N–H and O–H groups in total. The Labute approximate surface area is 175 Å². The SMILES string of the molecule is CC1(C)C(=O)N(c2ccc(C#N)c(C(F)(F)F)c2)C(=S)N1c1ccc(Cl)c(N)c1. The smallest absolute Gasteiger partial charge is 0.397 e. The third-order valence-electron chi connectivity index (χ3n) is 4.59. The average Bonchev–Trinajstić information content (AvgIpc) is 2.81. The minimum Gasteiger partial charge on any atom is -0.397 e. The number of nitrogen functional groups attached to an aromatic ring is 1. The van der Waals surface area contributed by atoms with E-state index in [0.717, 1.165) is 17.0 Å². The van der Waals surface area contributed by atoms with Crippen molar-refractivity contribution in [3.63, 3.8) is 0 Å². The number of nitrogens with zero attached hydrogens (tertiary/aromatic N) is 3. The molecule has 0 radical (unpaired) electrons. The summed E-state index contributed by atoms with van der Waals surface area (Å²) in [5.74, 6) is -0.520. The van der Waals surface area contributed by atoms with E-state index in [1.165, 1.54) is 23.1 Å². The van der Waals surface area contributed by atoms with Gasteiger partial charge in [-0.15, -0.1) is 0 Å². The van der Waals surface area contributed by atoms with E-state index < -0.39 is 28.7 Å². The summed E-state index contributed by atoms with van der Waals surface area (Å²) in [4.78, 5) is 15.6. The Balaban J connectivity index is 2.13. The highest BCUT2D eigenvalue weighted by molar-refractivity contribution is 7.81. The molecule has 0 bridgehead atoms. The first-order valence-electron chi connectivity index (χ1n) is 8.24. The van der Waals surface area contributed by atoms with Gasteiger partial charge in [-0.25, -0.2) is 0 Å². The lowest BCUT2D eigenvalue weighted by Gasteiger charge is -2.29. The molecule has 0 saturated carbocycles. The van der Waals surface area contributed by atoms with E-state index in [1.54, 1.807) is 26.0 Å². The summed E-state index contributed by atoms with van der Waals surface area (Å²) in [5.41, 5.74) is 3.64. The summed E-state index contributed by atoms with van der Waals surface area (Å²) in [6.07, 6.45) is -4.76. The van der Waals surface area contributed by atoms with E-state index in [-0.39, 0.29) is 16.5 Å². The molecule has 0 atom stereocenters. The molecule has 3 rings (SSSR count). The van der Waals surface area contributed by atoms with Crippen LogP contribution in [0.15, 0.2) is 36.4 Å². The topological polar surface area (TPSA) is 73.4 Å². The second kappa shape index (κ2) is 6.90. The Morgan fingerprint density at radius 3 is 2.34 bits per heavy atom. The molecule has 1 aliphatic rings. The van der Waals surface area contributed by atoms with Crippen LogP contribution in [0.4, 0.5) is 30.2 Å². The van der Waals surface area contributed by atoms with Gasteiger partial charge in [0.2, 0.25) is 0 Å². The number of hydrogen-bond donors (Lipinski definition) is 1. The van der Waals surface area contributed by atoms with Crippen molar-refractivity contribution in [2.75, 3.05) is 15.5 Å². The number of anilines is 3. The lowest BCUT2D eigenvalue weighted by molar-refractivity contribution is -0.137. The normalized spacial score (nSPS) is 16.3. The number of benzene rings is 2. The van der Waals surface area contributed by atoms with Crippen molar-refractivity contribution < 1.29 is 18.0 Å². The maximum absolute atomic E-state index is 13.3. The van der Waals surface area contributed by atoms with Crippen molar-refractivity contribution in [2.24, 2.45) is 0 Å². The number of nitriles is 1. The molecule has 0 unspecified atom stereocenters. The highest BCUT2D eigenvalue weighted by Gasteiger charge is 2.50. The zero-order chi connectivity index (χ0) is 21.7. The number of thiocarbonyl (C=S) groups is 1. The maximum atomic E-state index is 13.3. The quantitative estimate of drug-likeness (QED) is 0.542. The van der Waals surface area contributed by atoms with Gasteiger partial charge in [-0.2, -0.15) is 18.4 Å². The van der Waals surface area contributed by atoms with Gasteiger partial charge in [0, 0.05) is 5.69 Å². The van der Waals surface area contributed by atoms with Crippen molar-refractivity contribution in [3.05, 3.63) is 52.5 Å². The first-order chi connectivity index (χ1) is 13.4. The van der Waals surface area contributed by atoms with Gasteiger partial charge in [-0.1, -0.05) is 11.6 Å². The van der Waals surface area contributed by atoms with Crippen molar-refractivity contribution in [1.82, 2.24) is 0 Å². The van der Waals surface area contributed by atoms with Crippen LogP contribution in [0.1, 0.15) is 25.0 Å². The summed E-state index contributed by atoms with van der Waals surface area (Å²) < 4.78 is 40.0. The first kappa shape index (κ1) is 20.9. The summed E-state index contributed by atoms with van der Waals surface area (Å²) in [5, 5.41) is 9.28. The Hall–Kier alpha value is -2.83. The molecule has 1 fully saturated rings. The van der Waals surface area contributed by atoms with Gasteiger partial charge in [-0.05, 0) is 62.5 Å². The highest BCUT2D eigenvalue weighted by atomic mass is 35.5. The molecule has 1 heterocycles. The predicted octanol–water partition coefficient (Wildman–Crippen LogP) is 4.73. The fourth-order valence-electron chi connectivity index (χ4n) is 3.13. The number of nitrogens with two attached hydrogens (primary N) is 1. The van der Waals surface area contributed by atoms with Crippen LogP contribution >= 0.6 is 23.8 Å². The largest absolute Gasteiger partial charge is 0.417 e. The minimum atomic E-state index is -4.76. The molecule has 1 amide bonds. The summed E-state index contributed by atoms with van der Waals surface area (Å²) in [6.45, 7) is 3.20. The fourth-order valence-corrected chi connectivity index (χ4v) is 3.77. The van der Waals surface area contributed by atoms with Gasteiger partial charge < -0.3 is 10.6 Å². The van der Waals surface area contributed by atoms with E-state index in [1.807, 2.05) is 0 Å². The Morgan fingerprint density at radius 2 is 1.79 bits per heavy atom. The molecule has 0 aliphatic carbocycles. The first-order valence-corrected chi connectivity index (χ1v) is 9.03. The fraction of sp³-hybridized carbons (Fsp3) is 0.211. The Kier molecular flexibility index (Phi) is 4.97. The molecule has 150 valence electrons. The summed E-state index contributed by atoms with van der Waals surface area (Å²) in [7, 11) is 0. The van der Waals surface area contributed by atoms with Crippen LogP contribution < -0.4 is 15.5 Å². The molecular formula is C19H14ClF3N4OS. The molecule has 0 spiro atoms. The van der Waals surface area contributed by atoms with Crippen molar-refractivity contribution >= 4 is 51.9 Å². The van der Waals surface area contributed by atoms with Crippen LogP contribution in [0.3, 0.4) is 0 Å². The molecule has 29 heavy (non-hydrogen) atoms. The Morgan fingerprint density at radius 1 is 1.17 bits per heavy atom. The van der Waals surface area contributed by atoms with Crippen LogP contribution in [0.5, 0.6) is 0 Å². The van der Waals surface area contributed by atoms with Crippen LogP contribution in [0.2, 0.25) is 5.02 Å². The van der Waals surface area contributed by atoms with Crippen LogP contribution in [0, 0.1) is 11.3 Å². The molecule has 2 aromatic rings. The molecule has 2 aromatic carbocycles. The number of alkyl halides is 3. The molecule has 5 nitrogen and oxygen atoms in total. The number of carbonyl (C=O) groups is 1. The third kappa shape index (κ3) is 3.39. The minimum absolute atomic E-state index is 0.0143. The summed E-state index contributed by atoms with van der Waals surface area (Å²) >= 11 is 11.4. The number of amides is 1. The molecule has 0 aromatic heterocycles. The van der Waals surface area contributed by atoms with E-state index in [9.17, 15) is 18.0 Å². The maximum Gasteiger partial charge on any atom is 0.417 e. The highest BCUT2D eigenvalue weighted by Crippen LogP contribution is 2.40. The number of rotatable bonds is 2. The lowest BCUT2D eigenvalue weighted by Crippen LogP contribution is -2.44. The van der Waals surface area contributed by atoms with Crippen molar-refractivity contribution in [2.45, 2.75) is 25.6 Å². The molecule has 10 heteroatoms.